The molecular formula is C27H37ClN4O3. The number of carbonyl (C=O) groups excluding carboxylic acids is 1. The van der Waals surface area contributed by atoms with Gasteiger partial charge in [0.15, 0.2) is 5.65 Å². The number of nitrogens with two attached hydrogens (primary N) is 1. The normalized spacial score (nSPS) is 14.4. The molecule has 3 aromatic rings. The van der Waals surface area contributed by atoms with Crippen LogP contribution in [0.2, 0.25) is 5.02 Å². The number of rotatable bonds is 7. The lowest BCUT2D eigenvalue weighted by Crippen LogP contribution is -2.27. The van der Waals surface area contributed by atoms with Gasteiger partial charge < -0.3 is 15.2 Å². The molecule has 2 heterocycles. The average Bonchev–Trinajstić information content (AvgIpc) is 3.49. The van der Waals surface area contributed by atoms with E-state index >= 15 is 0 Å². The Kier molecular flexibility index (Phi) is 8.65. The fourth-order valence-electron chi connectivity index (χ4n) is 3.89. The quantitative estimate of drug-likeness (QED) is 0.382. The Morgan fingerprint density at radius 3 is 2.46 bits per heavy atom. The lowest BCUT2D eigenvalue weighted by Gasteiger charge is -2.16. The van der Waals surface area contributed by atoms with Crippen molar-refractivity contribution >= 4 is 23.3 Å². The SMILES string of the molecule is CC(C)(C)OC(N)=O.CC(C)CC(C)COc1ccc(-c2ccnc3cc(C4CC4)nn23)cc1Cl. The molecule has 1 aliphatic carbocycles. The zero-order valence-electron chi connectivity index (χ0n) is 21.5. The summed E-state index contributed by atoms with van der Waals surface area (Å²) in [6.45, 7) is 12.6. The van der Waals surface area contributed by atoms with Gasteiger partial charge in [-0.25, -0.2) is 14.3 Å². The first-order valence-corrected chi connectivity index (χ1v) is 12.6. The number of primary amides is 1. The number of nitrogens with zero attached hydrogens (tertiary/aromatic N) is 3. The Bertz CT molecular complexity index is 1150. The molecule has 0 spiro atoms. The molecule has 0 bridgehead atoms. The van der Waals surface area contributed by atoms with Gasteiger partial charge in [-0.1, -0.05) is 32.4 Å². The number of halogens is 1. The molecular weight excluding hydrogens is 464 g/mol. The molecule has 1 aliphatic rings. The predicted molar refractivity (Wildman–Crippen MR) is 140 cm³/mol. The number of fused-ring (bicyclic) bond motifs is 1. The van der Waals surface area contributed by atoms with E-state index in [0.29, 0.717) is 29.4 Å². The van der Waals surface area contributed by atoms with E-state index in [1.165, 1.54) is 12.8 Å². The van der Waals surface area contributed by atoms with Crippen LogP contribution >= 0.6 is 11.6 Å². The van der Waals surface area contributed by atoms with Crippen LogP contribution < -0.4 is 10.5 Å². The molecule has 2 N–H and O–H groups in total. The Morgan fingerprint density at radius 1 is 1.20 bits per heavy atom. The second kappa shape index (κ2) is 11.3. The molecule has 1 atom stereocenters. The number of carbonyl (C=O) groups is 1. The molecule has 0 saturated heterocycles. The highest BCUT2D eigenvalue weighted by atomic mass is 35.5. The highest BCUT2D eigenvalue weighted by Gasteiger charge is 2.27. The summed E-state index contributed by atoms with van der Waals surface area (Å²) in [5, 5.41) is 5.40. The average molecular weight is 501 g/mol. The first-order chi connectivity index (χ1) is 16.4. The van der Waals surface area contributed by atoms with Gasteiger partial charge in [-0.3, -0.25) is 0 Å². The topological polar surface area (TPSA) is 91.7 Å². The van der Waals surface area contributed by atoms with Crippen molar-refractivity contribution in [2.45, 2.75) is 72.3 Å². The van der Waals surface area contributed by atoms with Crippen LogP contribution in [-0.4, -0.2) is 32.9 Å². The first-order valence-electron chi connectivity index (χ1n) is 12.2. The zero-order valence-corrected chi connectivity index (χ0v) is 22.3. The van der Waals surface area contributed by atoms with Gasteiger partial charge in [-0.15, -0.1) is 0 Å². The summed E-state index contributed by atoms with van der Waals surface area (Å²) < 4.78 is 12.5. The van der Waals surface area contributed by atoms with Crippen LogP contribution in [0.1, 0.15) is 72.4 Å². The van der Waals surface area contributed by atoms with Crippen molar-refractivity contribution < 1.29 is 14.3 Å². The first kappa shape index (κ1) is 26.8. The second-order valence-corrected chi connectivity index (χ2v) is 11.1. The standard InChI is InChI=1S/C22H26ClN3O.C5H11NO2/c1-14(2)10-15(3)13-27-21-7-6-17(11-18(21)23)20-8-9-24-22-12-19(16-4-5-16)25-26(20)22;1-5(2,3)8-4(6)7/h6-9,11-12,14-16H,4-5,10,13H2,1-3H3;1-3H3,(H2,6,7). The van der Waals surface area contributed by atoms with Gasteiger partial charge in [0.2, 0.25) is 0 Å². The Balaban J connectivity index is 0.000000371. The number of aromatic nitrogens is 3. The number of hydrogen-bond donors (Lipinski definition) is 1. The van der Waals surface area contributed by atoms with Gasteiger partial charge >= 0.3 is 6.09 Å². The van der Waals surface area contributed by atoms with Crippen LogP contribution in [0.5, 0.6) is 5.75 Å². The monoisotopic (exact) mass is 500 g/mol. The van der Waals surface area contributed by atoms with Crippen molar-refractivity contribution in [1.29, 1.82) is 0 Å². The largest absolute Gasteiger partial charge is 0.492 e. The fourth-order valence-corrected chi connectivity index (χ4v) is 4.13. The number of ether oxygens (including phenoxy) is 2. The molecule has 1 saturated carbocycles. The molecule has 1 amide bonds. The molecule has 4 rings (SSSR count). The van der Waals surface area contributed by atoms with Crippen molar-refractivity contribution in [1.82, 2.24) is 14.6 Å². The van der Waals surface area contributed by atoms with Crippen molar-refractivity contribution in [3.8, 4) is 17.0 Å². The minimum Gasteiger partial charge on any atom is -0.492 e. The van der Waals surface area contributed by atoms with Crippen molar-refractivity contribution in [3.05, 3.63) is 47.2 Å². The van der Waals surface area contributed by atoms with Crippen molar-refractivity contribution in [2.24, 2.45) is 17.6 Å². The van der Waals surface area contributed by atoms with Crippen LogP contribution in [-0.2, 0) is 4.74 Å². The van der Waals surface area contributed by atoms with E-state index in [9.17, 15) is 4.79 Å². The van der Waals surface area contributed by atoms with Gasteiger partial charge in [0.1, 0.15) is 11.4 Å². The molecule has 0 radical (unpaired) electrons. The third-order valence-electron chi connectivity index (χ3n) is 5.40. The smallest absolute Gasteiger partial charge is 0.405 e. The summed E-state index contributed by atoms with van der Waals surface area (Å²) >= 11 is 6.52. The van der Waals surface area contributed by atoms with Gasteiger partial charge in [0.05, 0.1) is 23.0 Å². The zero-order chi connectivity index (χ0) is 25.8. The van der Waals surface area contributed by atoms with Crippen molar-refractivity contribution in [2.75, 3.05) is 6.61 Å². The third-order valence-corrected chi connectivity index (χ3v) is 5.70. The molecule has 190 valence electrons. The Labute approximate surface area is 213 Å². The van der Waals surface area contributed by atoms with E-state index in [2.05, 4.69) is 36.6 Å². The van der Waals surface area contributed by atoms with Crippen LogP contribution in [0.15, 0.2) is 36.5 Å². The molecule has 1 aromatic carbocycles. The maximum Gasteiger partial charge on any atom is 0.405 e. The van der Waals surface area contributed by atoms with Crippen LogP contribution in [0.25, 0.3) is 16.9 Å². The van der Waals surface area contributed by atoms with E-state index in [-0.39, 0.29) is 0 Å². The maximum atomic E-state index is 10.0. The Morgan fingerprint density at radius 2 is 1.91 bits per heavy atom. The fraction of sp³-hybridized carbons (Fsp3) is 0.519. The number of hydrogen-bond acceptors (Lipinski definition) is 5. The summed E-state index contributed by atoms with van der Waals surface area (Å²) in [5.41, 5.74) is 8.29. The van der Waals surface area contributed by atoms with Gasteiger partial charge in [-0.05, 0) is 76.1 Å². The lowest BCUT2D eigenvalue weighted by atomic mass is 10.00. The van der Waals surface area contributed by atoms with E-state index in [0.717, 1.165) is 34.8 Å². The highest BCUT2D eigenvalue weighted by molar-refractivity contribution is 6.32. The van der Waals surface area contributed by atoms with Crippen LogP contribution in [0, 0.1) is 11.8 Å². The van der Waals surface area contributed by atoms with Gasteiger partial charge in [-0.2, -0.15) is 5.10 Å². The molecule has 7 nitrogen and oxygen atoms in total. The molecule has 35 heavy (non-hydrogen) atoms. The van der Waals surface area contributed by atoms with Crippen LogP contribution in [0.3, 0.4) is 0 Å². The van der Waals surface area contributed by atoms with E-state index in [1.807, 2.05) is 35.0 Å². The van der Waals surface area contributed by atoms with E-state index in [4.69, 9.17) is 27.2 Å². The van der Waals surface area contributed by atoms with E-state index < -0.39 is 11.7 Å². The van der Waals surface area contributed by atoms with Crippen LogP contribution in [0.4, 0.5) is 4.79 Å². The second-order valence-electron chi connectivity index (χ2n) is 10.7. The summed E-state index contributed by atoms with van der Waals surface area (Å²) in [4.78, 5) is 14.5. The minimum atomic E-state index is -0.725. The minimum absolute atomic E-state index is 0.453. The van der Waals surface area contributed by atoms with Gasteiger partial charge in [0, 0.05) is 23.7 Å². The summed E-state index contributed by atoms with van der Waals surface area (Å²) in [5.74, 6) is 2.52. The van der Waals surface area contributed by atoms with Gasteiger partial charge in [0.25, 0.3) is 0 Å². The highest BCUT2D eigenvalue weighted by Crippen LogP contribution is 2.40. The lowest BCUT2D eigenvalue weighted by molar-refractivity contribution is 0.0600. The van der Waals surface area contributed by atoms with Crippen molar-refractivity contribution in [3.63, 3.8) is 0 Å². The van der Waals surface area contributed by atoms with E-state index in [1.54, 1.807) is 20.8 Å². The summed E-state index contributed by atoms with van der Waals surface area (Å²) in [6, 6.07) is 10.0. The summed E-state index contributed by atoms with van der Waals surface area (Å²) in [7, 11) is 0. The predicted octanol–water partition coefficient (Wildman–Crippen LogP) is 6.87. The molecule has 1 fully saturated rings. The molecule has 2 aromatic heterocycles. The maximum absolute atomic E-state index is 10.0. The molecule has 0 aliphatic heterocycles. The summed E-state index contributed by atoms with van der Waals surface area (Å²) in [6.07, 6.45) is 4.71. The third kappa shape index (κ3) is 8.13. The Hall–Kier alpha value is -2.80. The molecule has 1 unspecified atom stereocenters. The number of amides is 1. The molecule has 8 heteroatoms. The number of benzene rings is 1.